The van der Waals surface area contributed by atoms with E-state index in [1.54, 1.807) is 11.8 Å². The van der Waals surface area contributed by atoms with Crippen LogP contribution in [0.5, 0.6) is 0 Å². The van der Waals surface area contributed by atoms with E-state index in [1.807, 2.05) is 0 Å². The van der Waals surface area contributed by atoms with Crippen molar-refractivity contribution in [3.8, 4) is 0 Å². The van der Waals surface area contributed by atoms with Crippen molar-refractivity contribution in [1.29, 1.82) is 0 Å². The number of hydrogen-bond acceptors (Lipinski definition) is 3. The minimum absolute atomic E-state index is 0.0161. The molecule has 1 fully saturated rings. The molecule has 0 aromatic rings. The van der Waals surface area contributed by atoms with E-state index in [-0.39, 0.29) is 12.6 Å². The fourth-order valence-electron chi connectivity index (χ4n) is 1.65. The summed E-state index contributed by atoms with van der Waals surface area (Å²) in [5.41, 5.74) is 0. The number of amides is 1. The van der Waals surface area contributed by atoms with Gasteiger partial charge in [0.05, 0.1) is 6.54 Å². The quantitative estimate of drug-likeness (QED) is 0.645. The van der Waals surface area contributed by atoms with E-state index < -0.39 is 12.1 Å². The van der Waals surface area contributed by atoms with Gasteiger partial charge in [-0.1, -0.05) is 0 Å². The van der Waals surface area contributed by atoms with Crippen LogP contribution >= 0.6 is 0 Å². The number of aliphatic carboxylic acids is 1. The number of carbonyl (C=O) groups is 2. The summed E-state index contributed by atoms with van der Waals surface area (Å²) in [6, 6.07) is -0.138. The summed E-state index contributed by atoms with van der Waals surface area (Å²) >= 11 is 0. The van der Waals surface area contributed by atoms with Crippen molar-refractivity contribution in [2.75, 3.05) is 26.2 Å². The van der Waals surface area contributed by atoms with Crippen molar-refractivity contribution >= 4 is 12.1 Å². The molecule has 2 N–H and O–H groups in total. The van der Waals surface area contributed by atoms with E-state index in [0.717, 1.165) is 0 Å². The lowest BCUT2D eigenvalue weighted by Gasteiger charge is -2.37. The summed E-state index contributed by atoms with van der Waals surface area (Å²) in [5, 5.41) is 17.3. The number of nitrogens with zero attached hydrogens (tertiary/aromatic N) is 2. The Labute approximate surface area is 81.7 Å². The summed E-state index contributed by atoms with van der Waals surface area (Å²) in [4.78, 5) is 24.2. The molecule has 0 saturated carbocycles. The molecular formula is C8H14N2O4. The zero-order valence-electron chi connectivity index (χ0n) is 8.01. The molecule has 0 bridgehead atoms. The maximum atomic E-state index is 10.7. The van der Waals surface area contributed by atoms with E-state index in [1.165, 1.54) is 4.90 Å². The molecule has 0 aliphatic carbocycles. The van der Waals surface area contributed by atoms with Crippen LogP contribution in [0.25, 0.3) is 0 Å². The Hall–Kier alpha value is -1.30. The average Bonchev–Trinajstić information content (AvgIpc) is 2.01. The van der Waals surface area contributed by atoms with Gasteiger partial charge in [0.25, 0.3) is 0 Å². The van der Waals surface area contributed by atoms with Gasteiger partial charge in [0.2, 0.25) is 0 Å². The standard InChI is InChI=1S/C8H14N2O4/c1-6-4-9(5-7(11)12)2-3-10(6)8(13)14/h6H,2-5H2,1H3,(H,11,12)(H,13,14)/t6-/m1/s1. The Morgan fingerprint density at radius 3 is 2.43 bits per heavy atom. The molecule has 0 unspecified atom stereocenters. The van der Waals surface area contributed by atoms with Gasteiger partial charge in [0, 0.05) is 25.7 Å². The topological polar surface area (TPSA) is 81.1 Å². The Balaban J connectivity index is 2.46. The van der Waals surface area contributed by atoms with Crippen LogP contribution < -0.4 is 0 Å². The number of carboxylic acid groups (broad SMARTS) is 2. The first-order chi connectivity index (χ1) is 6.50. The molecule has 0 aromatic carbocycles. The first-order valence-electron chi connectivity index (χ1n) is 4.44. The van der Waals surface area contributed by atoms with Crippen molar-refractivity contribution in [2.45, 2.75) is 13.0 Å². The fourth-order valence-corrected chi connectivity index (χ4v) is 1.65. The second-order valence-corrected chi connectivity index (χ2v) is 3.45. The van der Waals surface area contributed by atoms with Gasteiger partial charge in [-0.15, -0.1) is 0 Å². The molecule has 14 heavy (non-hydrogen) atoms. The third-order valence-corrected chi connectivity index (χ3v) is 2.32. The van der Waals surface area contributed by atoms with Gasteiger partial charge in [-0.2, -0.15) is 0 Å². The lowest BCUT2D eigenvalue weighted by Crippen LogP contribution is -2.54. The summed E-state index contributed by atoms with van der Waals surface area (Å²) < 4.78 is 0. The molecule has 1 aliphatic rings. The molecule has 0 spiro atoms. The van der Waals surface area contributed by atoms with Gasteiger partial charge in [-0.05, 0) is 6.92 Å². The highest BCUT2D eigenvalue weighted by Gasteiger charge is 2.27. The Bertz CT molecular complexity index is 243. The number of rotatable bonds is 2. The second kappa shape index (κ2) is 4.28. The van der Waals surface area contributed by atoms with E-state index in [0.29, 0.717) is 19.6 Å². The first kappa shape index (κ1) is 10.8. The van der Waals surface area contributed by atoms with Crippen molar-refractivity contribution in [3.05, 3.63) is 0 Å². The maximum Gasteiger partial charge on any atom is 0.407 e. The van der Waals surface area contributed by atoms with Gasteiger partial charge < -0.3 is 15.1 Å². The molecule has 6 nitrogen and oxygen atoms in total. The molecule has 0 radical (unpaired) electrons. The summed E-state index contributed by atoms with van der Waals surface area (Å²) in [7, 11) is 0. The minimum Gasteiger partial charge on any atom is -0.480 e. The second-order valence-electron chi connectivity index (χ2n) is 3.45. The predicted octanol–water partition coefficient (Wildman–Crippen LogP) is -0.245. The Morgan fingerprint density at radius 1 is 1.36 bits per heavy atom. The fraction of sp³-hybridized carbons (Fsp3) is 0.750. The summed E-state index contributed by atoms with van der Waals surface area (Å²) in [6.45, 7) is 3.12. The number of piperazine rings is 1. The lowest BCUT2D eigenvalue weighted by atomic mass is 10.2. The molecule has 1 aliphatic heterocycles. The SMILES string of the molecule is C[C@@H]1CN(CC(=O)O)CCN1C(=O)O. The Kier molecular flexibility index (Phi) is 3.29. The van der Waals surface area contributed by atoms with Crippen LogP contribution in [0, 0.1) is 0 Å². The molecule has 80 valence electrons. The van der Waals surface area contributed by atoms with Crippen molar-refractivity contribution in [2.24, 2.45) is 0 Å². The third-order valence-electron chi connectivity index (χ3n) is 2.32. The summed E-state index contributed by atoms with van der Waals surface area (Å²) in [5.74, 6) is -0.874. The van der Waals surface area contributed by atoms with Crippen LogP contribution in [-0.2, 0) is 4.79 Å². The molecule has 1 atom stereocenters. The molecule has 1 saturated heterocycles. The van der Waals surface area contributed by atoms with Crippen LogP contribution in [0.2, 0.25) is 0 Å². The van der Waals surface area contributed by atoms with Gasteiger partial charge in [-0.25, -0.2) is 4.79 Å². The van der Waals surface area contributed by atoms with Crippen LogP contribution in [-0.4, -0.2) is 64.3 Å². The zero-order valence-corrected chi connectivity index (χ0v) is 8.01. The van der Waals surface area contributed by atoms with Crippen LogP contribution in [0.4, 0.5) is 4.79 Å². The van der Waals surface area contributed by atoms with E-state index in [2.05, 4.69) is 0 Å². The largest absolute Gasteiger partial charge is 0.480 e. The van der Waals surface area contributed by atoms with Crippen molar-refractivity contribution in [1.82, 2.24) is 9.80 Å². The zero-order chi connectivity index (χ0) is 10.7. The van der Waals surface area contributed by atoms with E-state index in [9.17, 15) is 9.59 Å². The van der Waals surface area contributed by atoms with Crippen LogP contribution in [0.1, 0.15) is 6.92 Å². The highest BCUT2D eigenvalue weighted by molar-refractivity contribution is 5.69. The first-order valence-corrected chi connectivity index (χ1v) is 4.44. The normalized spacial score (nSPS) is 23.5. The van der Waals surface area contributed by atoms with Crippen LogP contribution in [0.15, 0.2) is 0 Å². The predicted molar refractivity (Wildman–Crippen MR) is 48.3 cm³/mol. The van der Waals surface area contributed by atoms with Crippen LogP contribution in [0.3, 0.4) is 0 Å². The highest BCUT2D eigenvalue weighted by Crippen LogP contribution is 2.08. The molecule has 6 heteroatoms. The van der Waals surface area contributed by atoms with E-state index >= 15 is 0 Å². The monoisotopic (exact) mass is 202 g/mol. The van der Waals surface area contributed by atoms with E-state index in [4.69, 9.17) is 10.2 Å². The van der Waals surface area contributed by atoms with Gasteiger partial charge >= 0.3 is 12.1 Å². The molecule has 0 aromatic heterocycles. The molecular weight excluding hydrogens is 188 g/mol. The van der Waals surface area contributed by atoms with Gasteiger partial charge in [0.1, 0.15) is 0 Å². The number of hydrogen-bond donors (Lipinski definition) is 2. The molecule has 1 heterocycles. The van der Waals surface area contributed by atoms with Crippen molar-refractivity contribution < 1.29 is 19.8 Å². The lowest BCUT2D eigenvalue weighted by molar-refractivity contribution is -0.138. The molecule has 1 amide bonds. The maximum absolute atomic E-state index is 10.7. The molecule has 1 rings (SSSR count). The summed E-state index contributed by atoms with van der Waals surface area (Å²) in [6.07, 6.45) is -0.938. The number of carboxylic acids is 1. The van der Waals surface area contributed by atoms with Gasteiger partial charge in [0.15, 0.2) is 0 Å². The highest BCUT2D eigenvalue weighted by atomic mass is 16.4. The third kappa shape index (κ3) is 2.59. The smallest absolute Gasteiger partial charge is 0.407 e. The van der Waals surface area contributed by atoms with Crippen molar-refractivity contribution in [3.63, 3.8) is 0 Å². The average molecular weight is 202 g/mol. The minimum atomic E-state index is -0.938. The van der Waals surface area contributed by atoms with Gasteiger partial charge in [-0.3, -0.25) is 9.69 Å². The Morgan fingerprint density at radius 2 is 2.00 bits per heavy atom.